The van der Waals surface area contributed by atoms with Gasteiger partial charge in [-0.3, -0.25) is 14.9 Å². The van der Waals surface area contributed by atoms with Crippen molar-refractivity contribution in [2.75, 3.05) is 16.8 Å². The minimum Gasteiger partial charge on any atom is -0.457 e. The number of rotatable bonds is 4. The molecule has 0 radical (unpaired) electrons. The largest absolute Gasteiger partial charge is 0.457 e. The van der Waals surface area contributed by atoms with Gasteiger partial charge in [0, 0.05) is 35.7 Å². The van der Waals surface area contributed by atoms with Crippen molar-refractivity contribution in [2.45, 2.75) is 25.2 Å². The lowest BCUT2D eigenvalue weighted by Gasteiger charge is -2.27. The van der Waals surface area contributed by atoms with Crippen LogP contribution in [0, 0.1) is 6.92 Å². The van der Waals surface area contributed by atoms with Gasteiger partial charge in [0.25, 0.3) is 0 Å². The maximum atomic E-state index is 13.4. The zero-order valence-corrected chi connectivity index (χ0v) is 19.8. The van der Waals surface area contributed by atoms with Crippen LogP contribution < -0.4 is 15.0 Å². The second-order valence-electron chi connectivity index (χ2n) is 8.79. The number of benzene rings is 3. The number of para-hydroxylation sites is 2. The van der Waals surface area contributed by atoms with Crippen LogP contribution in [0.3, 0.4) is 0 Å². The number of carbonyl (C=O) groups is 2. The summed E-state index contributed by atoms with van der Waals surface area (Å²) in [5.41, 5.74) is 3.65. The number of carbonyl (C=O) groups excluding carboxylic acids is 2. The number of aromatic nitrogens is 2. The molecule has 2 aliphatic heterocycles. The second kappa shape index (κ2) is 8.63. The lowest BCUT2D eigenvalue weighted by molar-refractivity contribution is -0.117. The molecule has 1 unspecified atom stereocenters. The number of ether oxygens (including phenoxy) is 1. The third-order valence-electron chi connectivity index (χ3n) is 6.43. The molecule has 3 heterocycles. The Bertz CT molecular complexity index is 1390. The van der Waals surface area contributed by atoms with Crippen molar-refractivity contribution < 1.29 is 14.3 Å². The van der Waals surface area contributed by atoms with E-state index < -0.39 is 5.92 Å². The molecule has 8 heteroatoms. The number of aryl methyl sites for hydroxylation is 1. The fourth-order valence-corrected chi connectivity index (χ4v) is 5.50. The molecule has 0 spiro atoms. The average molecular weight is 483 g/mol. The highest BCUT2D eigenvalue weighted by molar-refractivity contribution is 7.15. The second-order valence-corrected chi connectivity index (χ2v) is 9.80. The molecular formula is C27H22N4O3S. The molecule has 0 aliphatic carbocycles. The molecular weight excluding hydrogens is 460 g/mol. The Morgan fingerprint density at radius 2 is 1.63 bits per heavy atom. The highest BCUT2D eigenvalue weighted by Gasteiger charge is 2.35. The van der Waals surface area contributed by atoms with Crippen LogP contribution in [0.25, 0.3) is 0 Å². The Morgan fingerprint density at radius 1 is 0.971 bits per heavy atom. The van der Waals surface area contributed by atoms with Gasteiger partial charge in [0.2, 0.25) is 16.9 Å². The fraction of sp³-hybridized carbons (Fsp3) is 0.185. The highest BCUT2D eigenvalue weighted by Crippen LogP contribution is 2.44. The topological polar surface area (TPSA) is 84.4 Å². The van der Waals surface area contributed by atoms with E-state index in [0.717, 1.165) is 27.4 Å². The Balaban J connectivity index is 1.21. The molecule has 174 valence electrons. The van der Waals surface area contributed by atoms with Crippen molar-refractivity contribution in [1.29, 1.82) is 0 Å². The minimum atomic E-state index is -0.520. The molecule has 0 saturated carbocycles. The van der Waals surface area contributed by atoms with Crippen molar-refractivity contribution in [2.24, 2.45) is 0 Å². The van der Waals surface area contributed by atoms with Gasteiger partial charge >= 0.3 is 0 Å². The van der Waals surface area contributed by atoms with Crippen molar-refractivity contribution in [3.8, 4) is 11.5 Å². The standard InChI is InChI=1S/C27H22N4O3S/c1-16-10-12-18(13-11-16)31-15-17(14-23(31)32)26-29-30-27(35-26)28-25(33)24-19-6-2-4-8-21(19)34-22-9-5-3-7-20(22)24/h2-13,17,24H,14-15H2,1H3,(H,28,30,33). The third-order valence-corrected chi connectivity index (χ3v) is 7.43. The van der Waals surface area contributed by atoms with Crippen molar-refractivity contribution >= 4 is 34.0 Å². The summed E-state index contributed by atoms with van der Waals surface area (Å²) in [7, 11) is 0. The third kappa shape index (κ3) is 3.95. The highest BCUT2D eigenvalue weighted by atomic mass is 32.1. The van der Waals surface area contributed by atoms with Gasteiger partial charge in [0.1, 0.15) is 16.5 Å². The number of anilines is 2. The van der Waals surface area contributed by atoms with Crippen LogP contribution >= 0.6 is 11.3 Å². The lowest BCUT2D eigenvalue weighted by Crippen LogP contribution is -2.25. The summed E-state index contributed by atoms with van der Waals surface area (Å²) in [5, 5.41) is 12.6. The number of fused-ring (bicyclic) bond motifs is 2. The van der Waals surface area contributed by atoms with Crippen LogP contribution in [-0.2, 0) is 9.59 Å². The zero-order valence-electron chi connectivity index (χ0n) is 19.0. The van der Waals surface area contributed by atoms with E-state index in [4.69, 9.17) is 4.74 Å². The first-order chi connectivity index (χ1) is 17.1. The molecule has 7 nitrogen and oxygen atoms in total. The van der Waals surface area contributed by atoms with E-state index >= 15 is 0 Å². The Labute approximate surface area is 206 Å². The molecule has 3 aromatic carbocycles. The van der Waals surface area contributed by atoms with E-state index in [9.17, 15) is 9.59 Å². The van der Waals surface area contributed by atoms with Crippen molar-refractivity contribution in [3.05, 3.63) is 94.5 Å². The first-order valence-electron chi connectivity index (χ1n) is 11.4. The van der Waals surface area contributed by atoms with E-state index in [0.29, 0.717) is 29.6 Å². The molecule has 2 amide bonds. The molecule has 1 aromatic heterocycles. The van der Waals surface area contributed by atoms with Gasteiger partial charge in [-0.15, -0.1) is 10.2 Å². The van der Waals surface area contributed by atoms with E-state index in [1.165, 1.54) is 11.3 Å². The van der Waals surface area contributed by atoms with Gasteiger partial charge in [0.15, 0.2) is 0 Å². The summed E-state index contributed by atoms with van der Waals surface area (Å²) >= 11 is 1.32. The molecule has 1 atom stereocenters. The van der Waals surface area contributed by atoms with Crippen LogP contribution in [0.2, 0.25) is 0 Å². The van der Waals surface area contributed by atoms with Crippen LogP contribution in [0.5, 0.6) is 11.5 Å². The minimum absolute atomic E-state index is 0.0588. The Hall–Kier alpha value is -4.04. The van der Waals surface area contributed by atoms with Gasteiger partial charge in [-0.2, -0.15) is 0 Å². The summed E-state index contributed by atoms with van der Waals surface area (Å²) in [4.78, 5) is 27.9. The summed E-state index contributed by atoms with van der Waals surface area (Å²) < 4.78 is 6.00. The van der Waals surface area contributed by atoms with Gasteiger partial charge in [-0.1, -0.05) is 65.4 Å². The summed E-state index contributed by atoms with van der Waals surface area (Å²) in [5.74, 6) is 0.634. The van der Waals surface area contributed by atoms with Gasteiger partial charge in [0.05, 0.1) is 5.92 Å². The molecule has 1 N–H and O–H groups in total. The molecule has 35 heavy (non-hydrogen) atoms. The van der Waals surface area contributed by atoms with Gasteiger partial charge in [-0.05, 0) is 31.2 Å². The monoisotopic (exact) mass is 482 g/mol. The average Bonchev–Trinajstić information content (AvgIpc) is 3.49. The fourth-order valence-electron chi connectivity index (χ4n) is 4.67. The van der Waals surface area contributed by atoms with Gasteiger partial charge in [-0.25, -0.2) is 0 Å². The number of hydrogen-bond donors (Lipinski definition) is 1. The number of nitrogens with one attached hydrogen (secondary N) is 1. The van der Waals surface area contributed by atoms with E-state index in [1.807, 2.05) is 79.7 Å². The predicted octanol–water partition coefficient (Wildman–Crippen LogP) is 5.24. The maximum Gasteiger partial charge on any atom is 0.238 e. The SMILES string of the molecule is Cc1ccc(N2CC(c3nnc(NC(=O)C4c5ccccc5Oc5ccccc54)s3)CC2=O)cc1. The van der Waals surface area contributed by atoms with Crippen molar-refractivity contribution in [3.63, 3.8) is 0 Å². The Morgan fingerprint density at radius 3 is 2.31 bits per heavy atom. The quantitative estimate of drug-likeness (QED) is 0.430. The summed E-state index contributed by atoms with van der Waals surface area (Å²) in [6.45, 7) is 2.57. The van der Waals surface area contributed by atoms with Crippen molar-refractivity contribution in [1.82, 2.24) is 10.2 Å². The normalized spacial score (nSPS) is 17.0. The zero-order chi connectivity index (χ0) is 23.9. The van der Waals surface area contributed by atoms with Crippen LogP contribution in [-0.4, -0.2) is 28.6 Å². The number of amides is 2. The summed E-state index contributed by atoms with van der Waals surface area (Å²) in [6.07, 6.45) is 0.372. The first-order valence-corrected chi connectivity index (χ1v) is 12.3. The van der Waals surface area contributed by atoms with E-state index in [-0.39, 0.29) is 17.7 Å². The molecule has 1 saturated heterocycles. The van der Waals surface area contributed by atoms with Crippen LogP contribution in [0.15, 0.2) is 72.8 Å². The first kappa shape index (κ1) is 21.5. The Kier molecular flexibility index (Phi) is 5.30. The molecule has 2 aliphatic rings. The number of nitrogens with zero attached hydrogens (tertiary/aromatic N) is 3. The van der Waals surface area contributed by atoms with Gasteiger partial charge < -0.3 is 9.64 Å². The molecule has 4 aromatic rings. The van der Waals surface area contributed by atoms with E-state index in [2.05, 4.69) is 15.5 Å². The van der Waals surface area contributed by atoms with Crippen LogP contribution in [0.4, 0.5) is 10.8 Å². The molecule has 6 rings (SSSR count). The molecule has 1 fully saturated rings. The lowest BCUT2D eigenvalue weighted by atomic mass is 9.87. The predicted molar refractivity (Wildman–Crippen MR) is 134 cm³/mol. The van der Waals surface area contributed by atoms with E-state index in [1.54, 1.807) is 4.90 Å². The van der Waals surface area contributed by atoms with Crippen LogP contribution in [0.1, 0.15) is 40.0 Å². The number of hydrogen-bond acceptors (Lipinski definition) is 6. The maximum absolute atomic E-state index is 13.4. The smallest absolute Gasteiger partial charge is 0.238 e. The summed E-state index contributed by atoms with van der Waals surface area (Å²) in [6, 6.07) is 23.1. The molecule has 0 bridgehead atoms.